The Bertz CT molecular complexity index is 286. The molecule has 1 atom stereocenters. The molecule has 0 bridgehead atoms. The molecular formula is C10H13I2N. The Morgan fingerprint density at radius 1 is 1.38 bits per heavy atom. The summed E-state index contributed by atoms with van der Waals surface area (Å²) >= 11 is 4.67. The fourth-order valence-electron chi connectivity index (χ4n) is 1.27. The molecule has 2 N–H and O–H groups in total. The Kier molecular flexibility index (Phi) is 4.96. The van der Waals surface area contributed by atoms with Crippen molar-refractivity contribution in [3.63, 3.8) is 0 Å². The lowest BCUT2D eigenvalue weighted by Gasteiger charge is -2.13. The predicted octanol–water partition coefficient (Wildman–Crippen LogP) is 3.70. The smallest absolute Gasteiger partial charge is 0.0305 e. The maximum absolute atomic E-state index is 6.07. The highest BCUT2D eigenvalue weighted by Crippen LogP contribution is 2.23. The molecule has 1 nitrogen and oxygen atoms in total. The van der Waals surface area contributed by atoms with Gasteiger partial charge in [-0.1, -0.05) is 13.3 Å². The van der Waals surface area contributed by atoms with Crippen LogP contribution < -0.4 is 5.73 Å². The Morgan fingerprint density at radius 2 is 2.08 bits per heavy atom. The molecule has 0 heterocycles. The molecule has 0 fully saturated rings. The lowest BCUT2D eigenvalue weighted by Crippen LogP contribution is -2.11. The van der Waals surface area contributed by atoms with E-state index in [0.29, 0.717) is 0 Å². The van der Waals surface area contributed by atoms with Crippen LogP contribution in [0, 0.1) is 7.14 Å². The van der Waals surface area contributed by atoms with Gasteiger partial charge in [-0.05, 0) is 75.4 Å². The number of nitrogens with two attached hydrogens (primary N) is 1. The molecule has 0 amide bonds. The van der Waals surface area contributed by atoms with Crippen LogP contribution in [0.2, 0.25) is 0 Å². The lowest BCUT2D eigenvalue weighted by atomic mass is 10.0. The number of rotatable bonds is 3. The monoisotopic (exact) mass is 401 g/mol. The molecule has 0 saturated carbocycles. The first-order chi connectivity index (χ1) is 6.15. The number of halogens is 2. The van der Waals surface area contributed by atoms with Gasteiger partial charge in [-0.2, -0.15) is 0 Å². The molecule has 0 aliphatic heterocycles. The van der Waals surface area contributed by atoms with Gasteiger partial charge in [0, 0.05) is 13.2 Å². The second kappa shape index (κ2) is 5.50. The van der Waals surface area contributed by atoms with Crippen LogP contribution in [0.4, 0.5) is 0 Å². The molecule has 0 spiro atoms. The van der Waals surface area contributed by atoms with Crippen LogP contribution in [0.3, 0.4) is 0 Å². The quantitative estimate of drug-likeness (QED) is 0.769. The van der Waals surface area contributed by atoms with Gasteiger partial charge in [0.2, 0.25) is 0 Å². The molecule has 0 unspecified atom stereocenters. The minimum Gasteiger partial charge on any atom is -0.324 e. The van der Waals surface area contributed by atoms with E-state index in [1.165, 1.54) is 12.7 Å². The molecule has 0 aliphatic rings. The van der Waals surface area contributed by atoms with Crippen molar-refractivity contribution in [2.24, 2.45) is 5.73 Å². The number of hydrogen-bond donors (Lipinski definition) is 1. The van der Waals surface area contributed by atoms with Gasteiger partial charge in [0.1, 0.15) is 0 Å². The van der Waals surface area contributed by atoms with E-state index in [0.717, 1.165) is 12.8 Å². The van der Waals surface area contributed by atoms with Crippen LogP contribution in [-0.2, 0) is 0 Å². The van der Waals surface area contributed by atoms with Crippen molar-refractivity contribution >= 4 is 45.2 Å². The summed E-state index contributed by atoms with van der Waals surface area (Å²) in [6, 6.07) is 6.63. The van der Waals surface area contributed by atoms with E-state index in [2.05, 4.69) is 70.3 Å². The van der Waals surface area contributed by atoms with Crippen molar-refractivity contribution in [1.82, 2.24) is 0 Å². The summed E-state index contributed by atoms with van der Waals surface area (Å²) in [4.78, 5) is 0. The lowest BCUT2D eigenvalue weighted by molar-refractivity contribution is 0.635. The Balaban J connectivity index is 2.91. The molecule has 72 valence electrons. The molecule has 0 saturated heterocycles. The first kappa shape index (κ1) is 11.7. The van der Waals surface area contributed by atoms with E-state index in [1.54, 1.807) is 0 Å². The fraction of sp³-hybridized carbons (Fsp3) is 0.400. The molecule has 13 heavy (non-hydrogen) atoms. The zero-order valence-corrected chi connectivity index (χ0v) is 11.9. The predicted molar refractivity (Wildman–Crippen MR) is 73.7 cm³/mol. The highest BCUT2D eigenvalue weighted by molar-refractivity contribution is 14.1. The molecular weight excluding hydrogens is 388 g/mol. The van der Waals surface area contributed by atoms with Crippen LogP contribution in [0.25, 0.3) is 0 Å². The maximum Gasteiger partial charge on any atom is 0.0305 e. The van der Waals surface area contributed by atoms with E-state index in [4.69, 9.17) is 5.73 Å². The summed E-state index contributed by atoms with van der Waals surface area (Å²) in [7, 11) is 0. The summed E-state index contributed by atoms with van der Waals surface area (Å²) in [6.07, 6.45) is 2.21. The van der Waals surface area contributed by atoms with Gasteiger partial charge in [-0.15, -0.1) is 0 Å². The van der Waals surface area contributed by atoms with Crippen molar-refractivity contribution in [2.45, 2.75) is 25.8 Å². The fourth-order valence-corrected chi connectivity index (χ4v) is 2.52. The zero-order chi connectivity index (χ0) is 9.84. The second-order valence-corrected chi connectivity index (χ2v) is 5.47. The molecule has 3 heteroatoms. The van der Waals surface area contributed by atoms with Crippen molar-refractivity contribution < 1.29 is 0 Å². The van der Waals surface area contributed by atoms with Crippen molar-refractivity contribution in [3.05, 3.63) is 30.9 Å². The standard InChI is InChI=1S/C10H13I2N/c1-2-3-10(13)8-6-7(11)4-5-9(8)12/h4-6,10H,2-3,13H2,1H3/t10-/m1/s1. The van der Waals surface area contributed by atoms with Crippen molar-refractivity contribution in [2.75, 3.05) is 0 Å². The van der Waals surface area contributed by atoms with Crippen LogP contribution in [0.15, 0.2) is 18.2 Å². The van der Waals surface area contributed by atoms with Crippen LogP contribution in [-0.4, -0.2) is 0 Å². The third-order valence-corrected chi connectivity index (χ3v) is 3.61. The SMILES string of the molecule is CCC[C@@H](N)c1cc(I)ccc1I. The first-order valence-corrected chi connectivity index (χ1v) is 6.51. The molecule has 1 aromatic carbocycles. The van der Waals surface area contributed by atoms with Gasteiger partial charge in [0.05, 0.1) is 0 Å². The van der Waals surface area contributed by atoms with Gasteiger partial charge in [-0.3, -0.25) is 0 Å². The highest BCUT2D eigenvalue weighted by atomic mass is 127. The van der Waals surface area contributed by atoms with E-state index in [1.807, 2.05) is 0 Å². The van der Waals surface area contributed by atoms with Crippen molar-refractivity contribution in [3.8, 4) is 0 Å². The third-order valence-electron chi connectivity index (χ3n) is 1.96. The number of benzene rings is 1. The van der Waals surface area contributed by atoms with Gasteiger partial charge >= 0.3 is 0 Å². The van der Waals surface area contributed by atoms with Gasteiger partial charge in [0.25, 0.3) is 0 Å². The Hall–Kier alpha value is 0.640. The van der Waals surface area contributed by atoms with Crippen LogP contribution in [0.1, 0.15) is 31.4 Å². The van der Waals surface area contributed by atoms with Gasteiger partial charge in [0.15, 0.2) is 0 Å². The first-order valence-electron chi connectivity index (χ1n) is 4.35. The van der Waals surface area contributed by atoms with Crippen molar-refractivity contribution in [1.29, 1.82) is 0 Å². The normalized spacial score (nSPS) is 12.9. The summed E-state index contributed by atoms with van der Waals surface area (Å²) in [5, 5.41) is 0. The molecule has 0 aromatic heterocycles. The molecule has 1 rings (SSSR count). The van der Waals surface area contributed by atoms with E-state index < -0.39 is 0 Å². The van der Waals surface area contributed by atoms with Crippen LogP contribution in [0.5, 0.6) is 0 Å². The average Bonchev–Trinajstić information content (AvgIpc) is 2.09. The van der Waals surface area contributed by atoms with E-state index >= 15 is 0 Å². The topological polar surface area (TPSA) is 26.0 Å². The Labute approximate surface area is 107 Å². The summed E-state index contributed by atoms with van der Waals surface area (Å²) in [5.41, 5.74) is 7.35. The number of hydrogen-bond acceptors (Lipinski definition) is 1. The van der Waals surface area contributed by atoms with Gasteiger partial charge in [-0.25, -0.2) is 0 Å². The molecule has 0 aliphatic carbocycles. The highest BCUT2D eigenvalue weighted by Gasteiger charge is 2.08. The average molecular weight is 401 g/mol. The van der Waals surface area contributed by atoms with Gasteiger partial charge < -0.3 is 5.73 Å². The summed E-state index contributed by atoms with van der Waals surface area (Å²) in [6.45, 7) is 2.17. The van der Waals surface area contributed by atoms with E-state index in [-0.39, 0.29) is 6.04 Å². The summed E-state index contributed by atoms with van der Waals surface area (Å²) in [5.74, 6) is 0. The maximum atomic E-state index is 6.07. The molecule has 1 aromatic rings. The van der Waals surface area contributed by atoms with E-state index in [9.17, 15) is 0 Å². The largest absolute Gasteiger partial charge is 0.324 e. The minimum atomic E-state index is 0.201. The third kappa shape index (κ3) is 3.36. The second-order valence-electron chi connectivity index (χ2n) is 3.06. The minimum absolute atomic E-state index is 0.201. The summed E-state index contributed by atoms with van der Waals surface area (Å²) < 4.78 is 2.54. The zero-order valence-electron chi connectivity index (χ0n) is 7.56. The Morgan fingerprint density at radius 3 is 2.69 bits per heavy atom. The van der Waals surface area contributed by atoms with Crippen LogP contribution >= 0.6 is 45.2 Å². The molecule has 0 radical (unpaired) electrons.